The van der Waals surface area contributed by atoms with Crippen LogP contribution in [0.15, 0.2) is 60.8 Å². The van der Waals surface area contributed by atoms with E-state index in [1.165, 1.54) is 103 Å². The maximum Gasteiger partial charge on any atom is 0.472 e. The van der Waals surface area contributed by atoms with Gasteiger partial charge in [0, 0.05) is 19.4 Å². The lowest BCUT2D eigenvalue weighted by Gasteiger charge is -2.20. The first kappa shape index (κ1) is 56.7. The average Bonchev–Trinajstić information content (AvgIpc) is 3.20. The highest BCUT2D eigenvalue weighted by molar-refractivity contribution is 7.47. The summed E-state index contributed by atoms with van der Waals surface area (Å²) in [6, 6.07) is 0. The second-order valence-electron chi connectivity index (χ2n) is 15.9. The van der Waals surface area contributed by atoms with E-state index >= 15 is 0 Å². The van der Waals surface area contributed by atoms with Crippen molar-refractivity contribution in [2.24, 2.45) is 0 Å². The molecule has 0 radical (unpaired) electrons. The van der Waals surface area contributed by atoms with Gasteiger partial charge in [0.15, 0.2) is 6.10 Å². The molecule has 9 nitrogen and oxygen atoms in total. The smallest absolute Gasteiger partial charge is 0.462 e. The van der Waals surface area contributed by atoms with Crippen LogP contribution in [0.5, 0.6) is 0 Å². The first-order valence-electron chi connectivity index (χ1n) is 23.6. The molecule has 342 valence electrons. The number of ether oxygens (including phenoxy) is 2. The monoisotopic (exact) mass is 850 g/mol. The van der Waals surface area contributed by atoms with Crippen LogP contribution in [-0.2, 0) is 32.7 Å². The molecule has 0 aliphatic carbocycles. The van der Waals surface area contributed by atoms with Gasteiger partial charge in [0.25, 0.3) is 0 Å². The molecular weight excluding hydrogens is 762 g/mol. The van der Waals surface area contributed by atoms with E-state index < -0.39 is 32.5 Å². The third-order valence-electron chi connectivity index (χ3n) is 9.84. The van der Waals surface area contributed by atoms with Gasteiger partial charge in [0.2, 0.25) is 0 Å². The average molecular weight is 850 g/mol. The summed E-state index contributed by atoms with van der Waals surface area (Å²) in [6.07, 6.45) is 51.3. The van der Waals surface area contributed by atoms with Gasteiger partial charge in [-0.1, -0.05) is 190 Å². The van der Waals surface area contributed by atoms with E-state index in [0.717, 1.165) is 51.4 Å². The van der Waals surface area contributed by atoms with Crippen molar-refractivity contribution in [3.05, 3.63) is 60.8 Å². The minimum Gasteiger partial charge on any atom is -0.462 e. The topological polar surface area (TPSA) is 112 Å². The van der Waals surface area contributed by atoms with Crippen molar-refractivity contribution >= 4 is 19.8 Å². The molecule has 0 bridgehead atoms. The van der Waals surface area contributed by atoms with Crippen molar-refractivity contribution in [1.82, 2.24) is 4.90 Å². The fourth-order valence-corrected chi connectivity index (χ4v) is 6.99. The summed E-state index contributed by atoms with van der Waals surface area (Å²) >= 11 is 0. The predicted octanol–water partition coefficient (Wildman–Crippen LogP) is 13.9. The standard InChI is InChI=1S/C49H88NO8P/c1-5-7-9-11-13-15-17-19-21-23-24-26-28-30-32-34-36-38-40-42-49(52)58-47(46-57-59(53,54)56-44-43-50(3)4)45-55-48(51)41-39-37-35-33-31-29-27-25-22-20-18-16-14-12-10-8-6-2/h8,10,14,16,20,22,27,29,33,35,47H,5-7,9,11-13,15,17-19,21,23-26,28,30-32,34,36-46H2,1-4H3,(H,53,54)/b10-8-,16-14-,22-20-,29-27-,35-33-. The van der Waals surface area contributed by atoms with Crippen LogP contribution in [0.25, 0.3) is 0 Å². The fourth-order valence-electron chi connectivity index (χ4n) is 6.25. The van der Waals surface area contributed by atoms with Crippen LogP contribution >= 0.6 is 7.82 Å². The maximum absolute atomic E-state index is 12.7. The Labute approximate surface area is 362 Å². The van der Waals surface area contributed by atoms with Gasteiger partial charge in [-0.05, 0) is 65.5 Å². The summed E-state index contributed by atoms with van der Waals surface area (Å²) in [7, 11) is -0.737. The van der Waals surface area contributed by atoms with Crippen molar-refractivity contribution < 1.29 is 37.6 Å². The normalized spacial score (nSPS) is 13.9. The summed E-state index contributed by atoms with van der Waals surface area (Å²) in [4.78, 5) is 37.1. The Kier molecular flexibility index (Phi) is 42.1. The molecular formula is C49H88NO8P. The van der Waals surface area contributed by atoms with Gasteiger partial charge in [-0.3, -0.25) is 18.6 Å². The number of carbonyl (C=O) groups excluding carboxylic acids is 2. The number of rotatable bonds is 43. The molecule has 0 rings (SSSR count). The SMILES string of the molecule is CC/C=C\C/C=C\C/C=C\C/C=C\C/C=C\CCCC(=O)OCC(COP(=O)(O)OCCN(C)C)OC(=O)CCCCCCCCCCCCCCCCCCCCC. The molecule has 0 aliphatic heterocycles. The van der Waals surface area contributed by atoms with Crippen LogP contribution in [0.4, 0.5) is 0 Å². The molecule has 0 amide bonds. The quantitative estimate of drug-likeness (QED) is 0.0277. The molecule has 2 unspecified atom stereocenters. The first-order valence-corrected chi connectivity index (χ1v) is 25.1. The predicted molar refractivity (Wildman–Crippen MR) is 247 cm³/mol. The van der Waals surface area contributed by atoms with Crippen LogP contribution in [0.2, 0.25) is 0 Å². The number of phosphoric ester groups is 1. The third kappa shape index (κ3) is 45.1. The highest BCUT2D eigenvalue weighted by Crippen LogP contribution is 2.43. The Morgan fingerprint density at radius 3 is 1.42 bits per heavy atom. The Bertz CT molecular complexity index is 1160. The van der Waals surface area contributed by atoms with Crippen molar-refractivity contribution in [2.75, 3.05) is 40.5 Å². The zero-order valence-electron chi connectivity index (χ0n) is 38.2. The van der Waals surface area contributed by atoms with Gasteiger partial charge in [-0.15, -0.1) is 0 Å². The van der Waals surface area contributed by atoms with E-state index in [2.05, 4.69) is 74.6 Å². The highest BCUT2D eigenvalue weighted by atomic mass is 31.2. The van der Waals surface area contributed by atoms with Gasteiger partial charge >= 0.3 is 19.8 Å². The van der Waals surface area contributed by atoms with Crippen molar-refractivity contribution in [2.45, 2.75) is 200 Å². The number of likely N-dealkylation sites (N-methyl/N-ethyl adjacent to an activating group) is 1. The van der Waals surface area contributed by atoms with Crippen molar-refractivity contribution in [3.8, 4) is 0 Å². The van der Waals surface area contributed by atoms with Crippen LogP contribution in [-0.4, -0.2) is 68.3 Å². The van der Waals surface area contributed by atoms with Crippen LogP contribution < -0.4 is 0 Å². The summed E-state index contributed by atoms with van der Waals surface area (Å²) < 4.78 is 33.5. The molecule has 0 saturated carbocycles. The van der Waals surface area contributed by atoms with Crippen LogP contribution in [0, 0.1) is 0 Å². The Balaban J connectivity index is 4.31. The zero-order chi connectivity index (χ0) is 43.3. The molecule has 0 spiro atoms. The van der Waals surface area contributed by atoms with Gasteiger partial charge in [-0.25, -0.2) is 4.57 Å². The molecule has 0 fully saturated rings. The van der Waals surface area contributed by atoms with E-state index in [-0.39, 0.29) is 26.1 Å². The summed E-state index contributed by atoms with van der Waals surface area (Å²) in [5, 5.41) is 0. The number of unbranched alkanes of at least 4 members (excludes halogenated alkanes) is 19. The summed E-state index contributed by atoms with van der Waals surface area (Å²) in [6.45, 7) is 4.16. The molecule has 10 heteroatoms. The minimum absolute atomic E-state index is 0.00247. The minimum atomic E-state index is -4.38. The number of carbonyl (C=O) groups is 2. The number of esters is 2. The van der Waals surface area contributed by atoms with Crippen molar-refractivity contribution in [1.29, 1.82) is 0 Å². The molecule has 2 atom stereocenters. The van der Waals surface area contributed by atoms with Crippen molar-refractivity contribution in [3.63, 3.8) is 0 Å². The summed E-state index contributed by atoms with van der Waals surface area (Å²) in [5.74, 6) is -0.868. The summed E-state index contributed by atoms with van der Waals surface area (Å²) in [5.41, 5.74) is 0. The van der Waals surface area contributed by atoms with E-state index in [0.29, 0.717) is 19.4 Å². The van der Waals surface area contributed by atoms with E-state index in [1.807, 2.05) is 19.0 Å². The molecule has 0 saturated heterocycles. The Morgan fingerprint density at radius 2 is 0.966 bits per heavy atom. The molecule has 0 aromatic heterocycles. The Hall–Kier alpha value is -2.29. The molecule has 1 N–H and O–H groups in total. The first-order chi connectivity index (χ1) is 28.7. The van der Waals surface area contributed by atoms with E-state index in [9.17, 15) is 19.0 Å². The number of allylic oxidation sites excluding steroid dienone is 10. The largest absolute Gasteiger partial charge is 0.472 e. The third-order valence-corrected chi connectivity index (χ3v) is 10.8. The van der Waals surface area contributed by atoms with Crippen LogP contribution in [0.1, 0.15) is 194 Å². The number of phosphoric acid groups is 1. The highest BCUT2D eigenvalue weighted by Gasteiger charge is 2.26. The van der Waals surface area contributed by atoms with Gasteiger partial charge in [-0.2, -0.15) is 0 Å². The van der Waals surface area contributed by atoms with Gasteiger partial charge in [0.1, 0.15) is 6.61 Å². The van der Waals surface area contributed by atoms with Crippen LogP contribution in [0.3, 0.4) is 0 Å². The lowest BCUT2D eigenvalue weighted by molar-refractivity contribution is -0.161. The molecule has 0 aromatic carbocycles. The molecule has 0 aromatic rings. The second kappa shape index (κ2) is 43.8. The van der Waals surface area contributed by atoms with E-state index in [1.54, 1.807) is 0 Å². The maximum atomic E-state index is 12.7. The zero-order valence-corrected chi connectivity index (χ0v) is 39.1. The fraction of sp³-hybridized carbons (Fsp3) is 0.755. The number of hydrogen-bond acceptors (Lipinski definition) is 8. The molecule has 0 heterocycles. The molecule has 59 heavy (non-hydrogen) atoms. The molecule has 0 aliphatic rings. The van der Waals surface area contributed by atoms with Gasteiger partial charge in [0.05, 0.1) is 13.2 Å². The second-order valence-corrected chi connectivity index (χ2v) is 17.4. The lowest BCUT2D eigenvalue weighted by atomic mass is 10.0. The number of hydrogen-bond donors (Lipinski definition) is 1. The number of nitrogens with zero attached hydrogens (tertiary/aromatic N) is 1. The Morgan fingerprint density at radius 1 is 0.542 bits per heavy atom. The van der Waals surface area contributed by atoms with E-state index in [4.69, 9.17) is 18.5 Å². The lowest BCUT2D eigenvalue weighted by Crippen LogP contribution is -2.29. The van der Waals surface area contributed by atoms with Gasteiger partial charge < -0.3 is 19.3 Å².